The smallest absolute Gasteiger partial charge is 0.269 e. The van der Waals surface area contributed by atoms with Crippen LogP contribution in [0.3, 0.4) is 0 Å². The molecule has 0 aliphatic heterocycles. The number of hydrogen-bond acceptors (Lipinski definition) is 6. The van der Waals surface area contributed by atoms with Crippen LogP contribution in [-0.2, 0) is 6.54 Å². The zero-order valence-electron chi connectivity index (χ0n) is 11.7. The Morgan fingerprint density at radius 1 is 1.40 bits per heavy atom. The fourth-order valence-electron chi connectivity index (χ4n) is 2.01. The Labute approximate surface area is 118 Å². The molecular formula is C13H22N4O3. The number of nitrogens with one attached hydrogen (secondary N) is 1. The van der Waals surface area contributed by atoms with E-state index in [0.29, 0.717) is 12.2 Å². The molecule has 20 heavy (non-hydrogen) atoms. The van der Waals surface area contributed by atoms with Crippen LogP contribution in [0.15, 0.2) is 18.2 Å². The molecule has 0 amide bonds. The molecule has 4 N–H and O–H groups in total. The van der Waals surface area contributed by atoms with Crippen molar-refractivity contribution >= 4 is 11.4 Å². The van der Waals surface area contributed by atoms with E-state index in [2.05, 4.69) is 10.3 Å². The van der Waals surface area contributed by atoms with Gasteiger partial charge in [0.15, 0.2) is 0 Å². The number of hydrogen-bond donors (Lipinski definition) is 3. The van der Waals surface area contributed by atoms with Gasteiger partial charge < -0.3 is 15.4 Å². The average molecular weight is 282 g/mol. The number of aliphatic hydroxyl groups is 1. The molecule has 1 rings (SSSR count). The van der Waals surface area contributed by atoms with Crippen LogP contribution in [-0.4, -0.2) is 35.1 Å². The first kappa shape index (κ1) is 16.4. The van der Waals surface area contributed by atoms with Gasteiger partial charge in [0.1, 0.15) is 0 Å². The quantitative estimate of drug-likeness (QED) is 0.274. The van der Waals surface area contributed by atoms with Gasteiger partial charge in [0.25, 0.3) is 5.69 Å². The summed E-state index contributed by atoms with van der Waals surface area (Å²) in [6, 6.07) is 4.59. The second-order valence-electron chi connectivity index (χ2n) is 4.76. The van der Waals surface area contributed by atoms with E-state index in [1.165, 1.54) is 6.07 Å². The number of non-ortho nitro benzene ring substituents is 1. The van der Waals surface area contributed by atoms with Gasteiger partial charge in [-0.1, -0.05) is 0 Å². The van der Waals surface area contributed by atoms with Gasteiger partial charge in [-0.2, -0.15) is 0 Å². The first-order valence-corrected chi connectivity index (χ1v) is 6.61. The third-order valence-corrected chi connectivity index (χ3v) is 3.09. The van der Waals surface area contributed by atoms with Crippen molar-refractivity contribution in [3.05, 3.63) is 33.9 Å². The number of anilines is 1. The normalized spacial score (nSPS) is 10.8. The Bertz CT molecular complexity index is 440. The zero-order valence-corrected chi connectivity index (χ0v) is 11.7. The van der Waals surface area contributed by atoms with Gasteiger partial charge in [-0.3, -0.25) is 16.0 Å². The molecule has 0 atom stereocenters. The SMILES string of the molecule is CN(CCCCCO)Cc1cc([N+](=O)[O-])ccc1NN. The van der Waals surface area contributed by atoms with Gasteiger partial charge in [0, 0.05) is 25.3 Å². The van der Waals surface area contributed by atoms with Gasteiger partial charge >= 0.3 is 0 Å². The first-order valence-electron chi connectivity index (χ1n) is 6.61. The molecule has 0 radical (unpaired) electrons. The molecule has 1 aromatic rings. The molecule has 0 aliphatic carbocycles. The summed E-state index contributed by atoms with van der Waals surface area (Å²) in [6.45, 7) is 1.67. The largest absolute Gasteiger partial charge is 0.396 e. The van der Waals surface area contributed by atoms with Crippen molar-refractivity contribution in [1.29, 1.82) is 0 Å². The second kappa shape index (κ2) is 8.47. The third kappa shape index (κ3) is 5.12. The molecule has 7 nitrogen and oxygen atoms in total. The van der Waals surface area contributed by atoms with Crippen LogP contribution in [0.5, 0.6) is 0 Å². The highest BCUT2D eigenvalue weighted by atomic mass is 16.6. The van der Waals surface area contributed by atoms with E-state index in [1.807, 2.05) is 7.05 Å². The van der Waals surface area contributed by atoms with Crippen molar-refractivity contribution in [2.24, 2.45) is 5.84 Å². The highest BCUT2D eigenvalue weighted by Crippen LogP contribution is 2.22. The summed E-state index contributed by atoms with van der Waals surface area (Å²) in [5.41, 5.74) is 4.11. The first-order chi connectivity index (χ1) is 9.58. The van der Waals surface area contributed by atoms with Gasteiger partial charge in [-0.05, 0) is 44.5 Å². The van der Waals surface area contributed by atoms with E-state index >= 15 is 0 Å². The van der Waals surface area contributed by atoms with E-state index < -0.39 is 4.92 Å². The van der Waals surface area contributed by atoms with Crippen LogP contribution in [0, 0.1) is 10.1 Å². The lowest BCUT2D eigenvalue weighted by molar-refractivity contribution is -0.384. The van der Waals surface area contributed by atoms with E-state index in [0.717, 1.165) is 31.4 Å². The summed E-state index contributed by atoms with van der Waals surface area (Å²) in [7, 11) is 1.96. The summed E-state index contributed by atoms with van der Waals surface area (Å²) in [4.78, 5) is 12.5. The van der Waals surface area contributed by atoms with Crippen LogP contribution < -0.4 is 11.3 Å². The minimum atomic E-state index is -0.412. The molecule has 0 fully saturated rings. The molecule has 0 saturated carbocycles. The third-order valence-electron chi connectivity index (χ3n) is 3.09. The van der Waals surface area contributed by atoms with Crippen LogP contribution in [0.1, 0.15) is 24.8 Å². The number of rotatable bonds is 9. The van der Waals surface area contributed by atoms with E-state index in [9.17, 15) is 10.1 Å². The molecule has 0 spiro atoms. The molecule has 0 heterocycles. The molecular weight excluding hydrogens is 260 g/mol. The molecule has 0 aromatic heterocycles. The summed E-state index contributed by atoms with van der Waals surface area (Å²) in [6.07, 6.45) is 2.76. The number of hydrazine groups is 1. The molecule has 0 aliphatic rings. The zero-order chi connectivity index (χ0) is 15.0. The number of nitro groups is 1. The average Bonchev–Trinajstić information content (AvgIpc) is 2.43. The minimum absolute atomic E-state index is 0.0627. The van der Waals surface area contributed by atoms with Crippen LogP contribution >= 0.6 is 0 Å². The van der Waals surface area contributed by atoms with Gasteiger partial charge in [0.05, 0.1) is 10.6 Å². The minimum Gasteiger partial charge on any atom is -0.396 e. The Morgan fingerprint density at radius 2 is 2.15 bits per heavy atom. The standard InChI is InChI=1S/C13H22N4O3/c1-16(7-3-2-4-8-18)10-11-9-12(17(19)20)5-6-13(11)15-14/h5-6,9,15,18H,2-4,7-8,10,14H2,1H3. The number of benzene rings is 1. The number of nitro benzene ring substituents is 1. The van der Waals surface area contributed by atoms with E-state index in [-0.39, 0.29) is 12.3 Å². The Hall–Kier alpha value is -1.70. The maximum atomic E-state index is 10.8. The lowest BCUT2D eigenvalue weighted by atomic mass is 10.1. The number of nitrogen functional groups attached to an aromatic ring is 1. The van der Waals surface area contributed by atoms with Gasteiger partial charge in [0.2, 0.25) is 0 Å². The maximum absolute atomic E-state index is 10.8. The monoisotopic (exact) mass is 282 g/mol. The van der Waals surface area contributed by atoms with Crippen molar-refractivity contribution < 1.29 is 10.0 Å². The predicted octanol–water partition coefficient (Wildman–Crippen LogP) is 1.47. The summed E-state index contributed by atoms with van der Waals surface area (Å²) < 4.78 is 0. The van der Waals surface area contributed by atoms with Crippen LogP contribution in [0.2, 0.25) is 0 Å². The van der Waals surface area contributed by atoms with Crippen molar-refractivity contribution in [1.82, 2.24) is 4.90 Å². The Balaban J connectivity index is 2.64. The topological polar surface area (TPSA) is 105 Å². The highest BCUT2D eigenvalue weighted by Gasteiger charge is 2.11. The number of nitrogens with zero attached hydrogens (tertiary/aromatic N) is 2. The number of aliphatic hydroxyl groups excluding tert-OH is 1. The van der Waals surface area contributed by atoms with Crippen molar-refractivity contribution in [3.8, 4) is 0 Å². The predicted molar refractivity (Wildman–Crippen MR) is 78.2 cm³/mol. The van der Waals surface area contributed by atoms with Crippen LogP contribution in [0.4, 0.5) is 11.4 Å². The lowest BCUT2D eigenvalue weighted by Gasteiger charge is -2.18. The Kier molecular flexibility index (Phi) is 6.92. The summed E-state index contributed by atoms with van der Waals surface area (Å²) in [5, 5.41) is 19.5. The molecule has 0 bridgehead atoms. The highest BCUT2D eigenvalue weighted by molar-refractivity contribution is 5.55. The van der Waals surface area contributed by atoms with Crippen molar-refractivity contribution in [2.45, 2.75) is 25.8 Å². The van der Waals surface area contributed by atoms with Crippen LogP contribution in [0.25, 0.3) is 0 Å². The van der Waals surface area contributed by atoms with E-state index in [1.54, 1.807) is 12.1 Å². The van der Waals surface area contributed by atoms with Gasteiger partial charge in [-0.15, -0.1) is 0 Å². The molecule has 1 aromatic carbocycles. The van der Waals surface area contributed by atoms with Crippen molar-refractivity contribution in [2.75, 3.05) is 25.6 Å². The molecule has 112 valence electrons. The number of nitrogens with two attached hydrogens (primary N) is 1. The maximum Gasteiger partial charge on any atom is 0.269 e. The number of unbranched alkanes of at least 4 members (excludes halogenated alkanes) is 2. The molecule has 0 unspecified atom stereocenters. The van der Waals surface area contributed by atoms with Crippen molar-refractivity contribution in [3.63, 3.8) is 0 Å². The second-order valence-corrected chi connectivity index (χ2v) is 4.76. The fraction of sp³-hybridized carbons (Fsp3) is 0.538. The summed E-state index contributed by atoms with van der Waals surface area (Å²) >= 11 is 0. The fourth-order valence-corrected chi connectivity index (χ4v) is 2.01. The molecule has 0 saturated heterocycles. The summed E-state index contributed by atoms with van der Waals surface area (Å²) in [5.74, 6) is 5.43. The lowest BCUT2D eigenvalue weighted by Crippen LogP contribution is -2.21. The molecule has 7 heteroatoms. The van der Waals surface area contributed by atoms with Gasteiger partial charge in [-0.25, -0.2) is 0 Å². The van der Waals surface area contributed by atoms with E-state index in [4.69, 9.17) is 10.9 Å². The Morgan fingerprint density at radius 3 is 2.75 bits per heavy atom.